The van der Waals surface area contributed by atoms with E-state index in [4.69, 9.17) is 10.2 Å². The van der Waals surface area contributed by atoms with Crippen LogP contribution in [0.3, 0.4) is 0 Å². The maximum Gasteiger partial charge on any atom is 0.117 e. The van der Waals surface area contributed by atoms with Crippen LogP contribution in [0.1, 0.15) is 22.6 Å². The van der Waals surface area contributed by atoms with Gasteiger partial charge in [-0.1, -0.05) is 0 Å². The molecule has 0 radical (unpaired) electrons. The van der Waals surface area contributed by atoms with Crippen LogP contribution in [-0.2, 0) is 13.1 Å². The number of nitrogen functional groups attached to an aromatic ring is 1. The van der Waals surface area contributed by atoms with Crippen LogP contribution in [0.25, 0.3) is 0 Å². The van der Waals surface area contributed by atoms with Crippen LogP contribution in [0.2, 0.25) is 0 Å². The molecule has 2 heterocycles. The van der Waals surface area contributed by atoms with Gasteiger partial charge >= 0.3 is 0 Å². The first-order valence-corrected chi connectivity index (χ1v) is 5.99. The third kappa shape index (κ3) is 2.71. The summed E-state index contributed by atoms with van der Waals surface area (Å²) in [7, 11) is 2.04. The van der Waals surface area contributed by atoms with Gasteiger partial charge < -0.3 is 10.2 Å². The van der Waals surface area contributed by atoms with E-state index in [-0.39, 0.29) is 0 Å². The summed E-state index contributed by atoms with van der Waals surface area (Å²) in [5.74, 6) is 0.954. The van der Waals surface area contributed by atoms with Crippen LogP contribution < -0.4 is 5.73 Å². The summed E-state index contributed by atoms with van der Waals surface area (Å²) in [4.78, 5) is 6.61. The Bertz CT molecular complexity index is 520. The van der Waals surface area contributed by atoms with E-state index in [0.29, 0.717) is 0 Å². The smallest absolute Gasteiger partial charge is 0.117 e. The molecule has 0 fully saturated rings. The Labute approximate surface area is 107 Å². The first kappa shape index (κ1) is 12.6. The van der Waals surface area contributed by atoms with Crippen LogP contribution in [0.5, 0.6) is 0 Å². The molecular formula is C14H19N3O. The Balaban J connectivity index is 2.07. The molecule has 0 aliphatic rings. The second-order valence-electron chi connectivity index (χ2n) is 4.68. The first-order valence-electron chi connectivity index (χ1n) is 5.99. The zero-order valence-electron chi connectivity index (χ0n) is 11.1. The van der Waals surface area contributed by atoms with E-state index in [2.05, 4.69) is 9.88 Å². The van der Waals surface area contributed by atoms with E-state index in [9.17, 15) is 0 Å². The number of aryl methyl sites for hydroxylation is 1. The lowest BCUT2D eigenvalue weighted by Crippen LogP contribution is -2.19. The maximum atomic E-state index is 6.02. The van der Waals surface area contributed by atoms with Crippen LogP contribution >= 0.6 is 0 Å². The van der Waals surface area contributed by atoms with Gasteiger partial charge in [-0.05, 0) is 44.2 Å². The Hall–Kier alpha value is -1.81. The molecule has 4 heteroatoms. The zero-order valence-corrected chi connectivity index (χ0v) is 11.1. The molecule has 0 aliphatic carbocycles. The number of hydrogen-bond donors (Lipinski definition) is 1. The molecule has 0 amide bonds. The fraction of sp³-hybridized carbons (Fsp3) is 0.357. The molecular weight excluding hydrogens is 226 g/mol. The summed E-state index contributed by atoms with van der Waals surface area (Å²) in [6.45, 7) is 5.52. The van der Waals surface area contributed by atoms with Crippen molar-refractivity contribution in [2.75, 3.05) is 12.8 Å². The minimum atomic E-state index is 0.761. The normalized spacial score (nSPS) is 11.1. The minimum absolute atomic E-state index is 0.761. The van der Waals surface area contributed by atoms with Crippen molar-refractivity contribution in [3.8, 4) is 0 Å². The molecule has 0 bridgehead atoms. The lowest BCUT2D eigenvalue weighted by Gasteiger charge is -2.17. The quantitative estimate of drug-likeness (QED) is 0.899. The summed E-state index contributed by atoms with van der Waals surface area (Å²) in [6, 6.07) is 3.87. The molecule has 0 saturated carbocycles. The minimum Gasteiger partial charge on any atom is -0.468 e. The Morgan fingerprint density at radius 3 is 2.78 bits per heavy atom. The lowest BCUT2D eigenvalue weighted by atomic mass is 10.1. The van der Waals surface area contributed by atoms with Crippen molar-refractivity contribution >= 4 is 5.69 Å². The van der Waals surface area contributed by atoms with E-state index in [0.717, 1.165) is 41.4 Å². The fourth-order valence-electron chi connectivity index (χ4n) is 1.93. The van der Waals surface area contributed by atoms with E-state index < -0.39 is 0 Å². The second-order valence-corrected chi connectivity index (χ2v) is 4.68. The molecule has 0 aliphatic heterocycles. The van der Waals surface area contributed by atoms with E-state index >= 15 is 0 Å². The first-order chi connectivity index (χ1) is 8.58. The highest BCUT2D eigenvalue weighted by Crippen LogP contribution is 2.19. The molecule has 0 unspecified atom stereocenters. The fourth-order valence-corrected chi connectivity index (χ4v) is 1.93. The molecule has 4 nitrogen and oxygen atoms in total. The van der Waals surface area contributed by atoms with Crippen LogP contribution in [0.4, 0.5) is 5.69 Å². The van der Waals surface area contributed by atoms with Crippen molar-refractivity contribution < 1.29 is 4.42 Å². The highest BCUT2D eigenvalue weighted by Gasteiger charge is 2.09. The maximum absolute atomic E-state index is 6.02. The van der Waals surface area contributed by atoms with Crippen molar-refractivity contribution in [3.63, 3.8) is 0 Å². The lowest BCUT2D eigenvalue weighted by molar-refractivity contribution is 0.284. The molecule has 0 aromatic carbocycles. The van der Waals surface area contributed by atoms with Crippen molar-refractivity contribution in [3.05, 3.63) is 47.2 Å². The average molecular weight is 245 g/mol. The largest absolute Gasteiger partial charge is 0.468 e. The van der Waals surface area contributed by atoms with Crippen LogP contribution in [0.15, 0.2) is 29.0 Å². The van der Waals surface area contributed by atoms with Crippen molar-refractivity contribution in [1.82, 2.24) is 9.88 Å². The van der Waals surface area contributed by atoms with Gasteiger partial charge in [0.2, 0.25) is 0 Å². The monoisotopic (exact) mass is 245 g/mol. The third-order valence-electron chi connectivity index (χ3n) is 3.10. The Morgan fingerprint density at radius 1 is 1.33 bits per heavy atom. The van der Waals surface area contributed by atoms with E-state index in [1.54, 1.807) is 6.26 Å². The van der Waals surface area contributed by atoms with Gasteiger partial charge in [-0.25, -0.2) is 0 Å². The predicted octanol–water partition coefficient (Wildman–Crippen LogP) is 2.51. The number of rotatable bonds is 4. The number of nitrogens with zero attached hydrogens (tertiary/aromatic N) is 2. The second kappa shape index (κ2) is 5.23. The van der Waals surface area contributed by atoms with Gasteiger partial charge in [0, 0.05) is 18.4 Å². The van der Waals surface area contributed by atoms with E-state index in [1.807, 2.05) is 39.2 Å². The molecule has 2 aromatic heterocycles. The SMILES string of the molecule is Cc1cnc(CN(C)Cc2ccco2)c(C)c1N. The van der Waals surface area contributed by atoms with Gasteiger partial charge in [-0.15, -0.1) is 0 Å². The van der Waals surface area contributed by atoms with Crippen molar-refractivity contribution in [2.24, 2.45) is 0 Å². The highest BCUT2D eigenvalue weighted by molar-refractivity contribution is 5.53. The van der Waals surface area contributed by atoms with Gasteiger partial charge in [0.1, 0.15) is 5.76 Å². The predicted molar refractivity (Wildman–Crippen MR) is 72.0 cm³/mol. The van der Waals surface area contributed by atoms with Gasteiger partial charge in [0.05, 0.1) is 18.5 Å². The highest BCUT2D eigenvalue weighted by atomic mass is 16.3. The van der Waals surface area contributed by atoms with E-state index in [1.165, 1.54) is 0 Å². The number of hydrogen-bond acceptors (Lipinski definition) is 4. The molecule has 96 valence electrons. The molecule has 0 atom stereocenters. The molecule has 0 spiro atoms. The number of furan rings is 1. The average Bonchev–Trinajstić information content (AvgIpc) is 2.83. The third-order valence-corrected chi connectivity index (χ3v) is 3.10. The zero-order chi connectivity index (χ0) is 13.1. The summed E-state index contributed by atoms with van der Waals surface area (Å²) < 4.78 is 5.33. The van der Waals surface area contributed by atoms with Crippen molar-refractivity contribution in [2.45, 2.75) is 26.9 Å². The molecule has 18 heavy (non-hydrogen) atoms. The van der Waals surface area contributed by atoms with Crippen LogP contribution in [0, 0.1) is 13.8 Å². The Morgan fingerprint density at radius 2 is 2.11 bits per heavy atom. The summed E-state index contributed by atoms with van der Waals surface area (Å²) in [5, 5.41) is 0. The summed E-state index contributed by atoms with van der Waals surface area (Å²) >= 11 is 0. The Kier molecular flexibility index (Phi) is 3.67. The topological polar surface area (TPSA) is 55.3 Å². The number of nitrogens with two attached hydrogens (primary N) is 1. The van der Waals surface area contributed by atoms with Gasteiger partial charge in [-0.3, -0.25) is 9.88 Å². The molecule has 2 rings (SSSR count). The number of anilines is 1. The summed E-state index contributed by atoms with van der Waals surface area (Å²) in [5.41, 5.74) is 9.98. The van der Waals surface area contributed by atoms with Gasteiger partial charge in [0.25, 0.3) is 0 Å². The van der Waals surface area contributed by atoms with Gasteiger partial charge in [-0.2, -0.15) is 0 Å². The molecule has 2 N–H and O–H groups in total. The summed E-state index contributed by atoms with van der Waals surface area (Å²) in [6.07, 6.45) is 3.52. The number of aromatic nitrogens is 1. The molecule has 0 saturated heterocycles. The molecule has 2 aromatic rings. The van der Waals surface area contributed by atoms with Crippen molar-refractivity contribution in [1.29, 1.82) is 0 Å². The van der Waals surface area contributed by atoms with Gasteiger partial charge in [0.15, 0.2) is 0 Å². The number of pyridine rings is 1. The standard InChI is InChI=1S/C14H19N3O/c1-10-7-16-13(11(2)14(10)15)9-17(3)8-12-5-4-6-18-12/h4-7H,8-9H2,1-3H3,(H2,15,16). The van der Waals surface area contributed by atoms with Crippen LogP contribution in [-0.4, -0.2) is 16.9 Å².